The molecule has 2 heteroatoms. The van der Waals surface area contributed by atoms with Crippen LogP contribution < -0.4 is 5.32 Å². The van der Waals surface area contributed by atoms with Gasteiger partial charge >= 0.3 is 0 Å². The summed E-state index contributed by atoms with van der Waals surface area (Å²) < 4.78 is 0. The minimum absolute atomic E-state index is 0.166. The molecule has 0 unspecified atom stereocenters. The maximum Gasteiger partial charge on any atom is 0.220 e. The number of hydrogen-bond acceptors (Lipinski definition) is 1. The average molecular weight is 209 g/mol. The number of hydrogen-bond donors (Lipinski definition) is 1. The first-order valence-electron chi connectivity index (χ1n) is 5.94. The lowest BCUT2D eigenvalue weighted by atomic mass is 10.0. The van der Waals surface area contributed by atoms with E-state index in [4.69, 9.17) is 6.42 Å². The van der Waals surface area contributed by atoms with Gasteiger partial charge in [0.05, 0.1) is 0 Å². The maximum absolute atomic E-state index is 11.4. The van der Waals surface area contributed by atoms with Crippen LogP contribution in [0.3, 0.4) is 0 Å². The zero-order valence-corrected chi connectivity index (χ0v) is 10.0. The maximum atomic E-state index is 11.4. The van der Waals surface area contributed by atoms with E-state index < -0.39 is 0 Å². The smallest absolute Gasteiger partial charge is 0.220 e. The summed E-state index contributed by atoms with van der Waals surface area (Å²) in [4.78, 5) is 11.4. The van der Waals surface area contributed by atoms with Gasteiger partial charge in [0.15, 0.2) is 0 Å². The van der Waals surface area contributed by atoms with Crippen LogP contribution in [0.15, 0.2) is 0 Å². The Hall–Kier alpha value is -0.970. The van der Waals surface area contributed by atoms with Gasteiger partial charge in [-0.25, -0.2) is 0 Å². The van der Waals surface area contributed by atoms with Crippen LogP contribution in [0, 0.1) is 18.3 Å². The van der Waals surface area contributed by atoms with Crippen molar-refractivity contribution in [3.8, 4) is 12.3 Å². The summed E-state index contributed by atoms with van der Waals surface area (Å²) in [7, 11) is 0. The van der Waals surface area contributed by atoms with Crippen LogP contribution in [-0.4, -0.2) is 12.5 Å². The van der Waals surface area contributed by atoms with Gasteiger partial charge in [-0.3, -0.25) is 4.79 Å². The fourth-order valence-corrected chi connectivity index (χ4v) is 1.44. The molecule has 0 saturated carbocycles. The molecule has 0 aliphatic carbocycles. The third-order valence-corrected chi connectivity index (χ3v) is 2.72. The Balaban J connectivity index is 3.45. The van der Waals surface area contributed by atoms with Crippen molar-refractivity contribution in [3.05, 3.63) is 0 Å². The summed E-state index contributed by atoms with van der Waals surface area (Å²) in [5, 5.41) is 2.97. The quantitative estimate of drug-likeness (QED) is 0.483. The van der Waals surface area contributed by atoms with Gasteiger partial charge in [-0.1, -0.05) is 26.7 Å². The van der Waals surface area contributed by atoms with Crippen LogP contribution >= 0.6 is 0 Å². The van der Waals surface area contributed by atoms with E-state index in [0.717, 1.165) is 38.6 Å². The van der Waals surface area contributed by atoms with Crippen molar-refractivity contribution in [3.63, 3.8) is 0 Å². The van der Waals surface area contributed by atoms with E-state index in [0.29, 0.717) is 12.3 Å². The monoisotopic (exact) mass is 209 g/mol. The molecule has 1 amide bonds. The summed E-state index contributed by atoms with van der Waals surface area (Å²) in [6.45, 7) is 5.14. The number of unbranched alkanes of at least 4 members (excludes halogenated alkanes) is 2. The molecule has 0 atom stereocenters. The molecule has 0 radical (unpaired) electrons. The number of terminal acetylenes is 1. The predicted octanol–water partition coefficient (Wildman–Crippen LogP) is 2.73. The van der Waals surface area contributed by atoms with Gasteiger partial charge in [0.1, 0.15) is 0 Å². The molecule has 0 bridgehead atoms. The van der Waals surface area contributed by atoms with E-state index in [-0.39, 0.29) is 5.91 Å². The van der Waals surface area contributed by atoms with Gasteiger partial charge in [-0.05, 0) is 18.8 Å². The molecule has 86 valence electrons. The normalized spacial score (nSPS) is 10.0. The van der Waals surface area contributed by atoms with Gasteiger partial charge in [-0.15, -0.1) is 12.3 Å². The number of amides is 1. The highest BCUT2D eigenvalue weighted by atomic mass is 16.1. The molecule has 0 rings (SSSR count). The van der Waals surface area contributed by atoms with Crippen LogP contribution in [0.5, 0.6) is 0 Å². The molecule has 1 N–H and O–H groups in total. The second-order valence-electron chi connectivity index (χ2n) is 3.90. The number of carbonyl (C=O) groups is 1. The van der Waals surface area contributed by atoms with Crippen LogP contribution in [0.2, 0.25) is 0 Å². The SMILES string of the molecule is C#CCCCCC(=O)NCC(CC)CC. The molecular weight excluding hydrogens is 186 g/mol. The van der Waals surface area contributed by atoms with Crippen LogP contribution in [-0.2, 0) is 4.79 Å². The Morgan fingerprint density at radius 3 is 2.53 bits per heavy atom. The summed E-state index contributed by atoms with van der Waals surface area (Å²) in [5.74, 6) is 3.37. The second kappa shape index (κ2) is 9.58. The fourth-order valence-electron chi connectivity index (χ4n) is 1.44. The van der Waals surface area contributed by atoms with E-state index in [1.165, 1.54) is 0 Å². The van der Waals surface area contributed by atoms with Gasteiger partial charge in [0.25, 0.3) is 0 Å². The third kappa shape index (κ3) is 8.05. The average Bonchev–Trinajstić information content (AvgIpc) is 2.26. The minimum Gasteiger partial charge on any atom is -0.356 e. The molecular formula is C13H23NO. The first kappa shape index (κ1) is 14.0. The van der Waals surface area contributed by atoms with Crippen molar-refractivity contribution < 1.29 is 4.79 Å². The zero-order valence-electron chi connectivity index (χ0n) is 10.0. The Kier molecular flexibility index (Phi) is 8.96. The molecule has 0 aromatic rings. The Morgan fingerprint density at radius 2 is 2.00 bits per heavy atom. The van der Waals surface area contributed by atoms with Crippen molar-refractivity contribution >= 4 is 5.91 Å². The molecule has 0 aromatic carbocycles. The fraction of sp³-hybridized carbons (Fsp3) is 0.769. The van der Waals surface area contributed by atoms with Crippen LogP contribution in [0.25, 0.3) is 0 Å². The summed E-state index contributed by atoms with van der Waals surface area (Å²) in [5.41, 5.74) is 0. The molecule has 0 fully saturated rings. The predicted molar refractivity (Wildman–Crippen MR) is 64.4 cm³/mol. The molecule has 0 saturated heterocycles. The van der Waals surface area contributed by atoms with Gasteiger partial charge < -0.3 is 5.32 Å². The topological polar surface area (TPSA) is 29.1 Å². The third-order valence-electron chi connectivity index (χ3n) is 2.72. The molecule has 0 heterocycles. The second-order valence-corrected chi connectivity index (χ2v) is 3.90. The van der Waals surface area contributed by atoms with E-state index in [9.17, 15) is 4.79 Å². The van der Waals surface area contributed by atoms with E-state index in [2.05, 4.69) is 25.1 Å². The van der Waals surface area contributed by atoms with E-state index in [1.807, 2.05) is 0 Å². The molecule has 0 aliphatic heterocycles. The van der Waals surface area contributed by atoms with Gasteiger partial charge in [0.2, 0.25) is 5.91 Å². The standard InChI is InChI=1S/C13H23NO/c1-4-7-8-9-10-13(15)14-11-12(5-2)6-3/h1,12H,5-11H2,2-3H3,(H,14,15). The highest BCUT2D eigenvalue weighted by Gasteiger charge is 2.05. The lowest BCUT2D eigenvalue weighted by Gasteiger charge is -2.12. The largest absolute Gasteiger partial charge is 0.356 e. The van der Waals surface area contributed by atoms with E-state index >= 15 is 0 Å². The molecule has 0 aromatic heterocycles. The lowest BCUT2D eigenvalue weighted by molar-refractivity contribution is -0.121. The Labute approximate surface area is 93.8 Å². The van der Waals surface area contributed by atoms with Crippen molar-refractivity contribution in [2.24, 2.45) is 5.92 Å². The number of rotatable bonds is 8. The van der Waals surface area contributed by atoms with Crippen LogP contribution in [0.4, 0.5) is 0 Å². The van der Waals surface area contributed by atoms with E-state index in [1.54, 1.807) is 0 Å². The highest BCUT2D eigenvalue weighted by molar-refractivity contribution is 5.75. The van der Waals surface area contributed by atoms with Crippen molar-refractivity contribution in [2.75, 3.05) is 6.54 Å². The minimum atomic E-state index is 0.166. The molecule has 2 nitrogen and oxygen atoms in total. The number of carbonyl (C=O) groups excluding carboxylic acids is 1. The lowest BCUT2D eigenvalue weighted by Crippen LogP contribution is -2.28. The van der Waals surface area contributed by atoms with Crippen LogP contribution in [0.1, 0.15) is 52.4 Å². The molecule has 0 spiro atoms. The molecule has 0 aliphatic rings. The Morgan fingerprint density at radius 1 is 1.33 bits per heavy atom. The Bertz CT molecular complexity index is 201. The highest BCUT2D eigenvalue weighted by Crippen LogP contribution is 2.05. The van der Waals surface area contributed by atoms with Crippen molar-refractivity contribution in [1.29, 1.82) is 0 Å². The zero-order chi connectivity index (χ0) is 11.5. The molecule has 15 heavy (non-hydrogen) atoms. The number of nitrogens with one attached hydrogen (secondary N) is 1. The van der Waals surface area contributed by atoms with Crippen molar-refractivity contribution in [1.82, 2.24) is 5.32 Å². The summed E-state index contributed by atoms with van der Waals surface area (Å²) in [6.07, 6.45) is 10.6. The van der Waals surface area contributed by atoms with Gasteiger partial charge in [-0.2, -0.15) is 0 Å². The first-order chi connectivity index (χ1) is 7.24. The first-order valence-corrected chi connectivity index (χ1v) is 5.94. The van der Waals surface area contributed by atoms with Crippen molar-refractivity contribution in [2.45, 2.75) is 52.4 Å². The van der Waals surface area contributed by atoms with Gasteiger partial charge in [0, 0.05) is 19.4 Å². The summed E-state index contributed by atoms with van der Waals surface area (Å²) in [6, 6.07) is 0. The summed E-state index contributed by atoms with van der Waals surface area (Å²) >= 11 is 0.